The summed E-state index contributed by atoms with van der Waals surface area (Å²) >= 11 is 0. The molecule has 0 bridgehead atoms. The molecule has 12 heteroatoms. The zero-order valence-electron chi connectivity index (χ0n) is 21.8. The van der Waals surface area contributed by atoms with Crippen LogP contribution in [0.5, 0.6) is 11.6 Å². The van der Waals surface area contributed by atoms with Gasteiger partial charge in [0.05, 0.1) is 41.7 Å². The maximum absolute atomic E-state index is 12.8. The maximum atomic E-state index is 12.8. The summed E-state index contributed by atoms with van der Waals surface area (Å²) in [6.07, 6.45) is 7.21. The summed E-state index contributed by atoms with van der Waals surface area (Å²) in [5.41, 5.74) is 4.90. The number of ether oxygens (including phenoxy) is 2. The molecule has 4 aromatic rings. The fraction of sp³-hybridized carbons (Fsp3) is 0.333. The van der Waals surface area contributed by atoms with Crippen molar-refractivity contribution < 1.29 is 14.3 Å². The van der Waals surface area contributed by atoms with Crippen molar-refractivity contribution in [2.75, 3.05) is 23.4 Å². The van der Waals surface area contributed by atoms with Gasteiger partial charge in [0, 0.05) is 29.4 Å². The van der Waals surface area contributed by atoms with Crippen LogP contribution in [0.15, 0.2) is 42.9 Å². The number of rotatable bonds is 4. The molecule has 1 saturated carbocycles. The SMILES string of the molecule is Cc1cnnn1-c1ccc2c(c1)OC(C)(C)c1nc(Nc3cnc4c(c3)N(C(=O)NC3CC3)CCO4)ncc1-2. The first-order valence-corrected chi connectivity index (χ1v) is 12.9. The molecule has 3 aromatic heterocycles. The third kappa shape index (κ3) is 4.17. The number of carbonyl (C=O) groups excluding carboxylic acids is 1. The molecular weight excluding hydrogens is 498 g/mol. The lowest BCUT2D eigenvalue weighted by Crippen LogP contribution is -2.45. The average Bonchev–Trinajstić information content (AvgIpc) is 3.64. The number of aromatic nitrogens is 6. The van der Waals surface area contributed by atoms with Gasteiger partial charge in [-0.3, -0.25) is 4.90 Å². The number of pyridine rings is 1. The lowest BCUT2D eigenvalue weighted by Gasteiger charge is -2.34. The van der Waals surface area contributed by atoms with Crippen LogP contribution < -0.4 is 25.0 Å². The van der Waals surface area contributed by atoms with Gasteiger partial charge in [0.2, 0.25) is 11.8 Å². The minimum atomic E-state index is -0.711. The molecule has 0 spiro atoms. The first kappa shape index (κ1) is 23.4. The molecule has 7 rings (SSSR count). The number of hydrogen-bond donors (Lipinski definition) is 2. The van der Waals surface area contributed by atoms with Gasteiger partial charge in [0.25, 0.3) is 0 Å². The van der Waals surface area contributed by atoms with E-state index in [1.54, 1.807) is 28.2 Å². The van der Waals surface area contributed by atoms with Crippen molar-refractivity contribution in [3.63, 3.8) is 0 Å². The number of nitrogens with zero attached hydrogens (tertiary/aromatic N) is 7. The Morgan fingerprint density at radius 1 is 1.10 bits per heavy atom. The lowest BCUT2D eigenvalue weighted by molar-refractivity contribution is 0.100. The van der Waals surface area contributed by atoms with Crippen molar-refractivity contribution in [3.8, 4) is 28.4 Å². The van der Waals surface area contributed by atoms with E-state index < -0.39 is 5.60 Å². The molecule has 2 N–H and O–H groups in total. The van der Waals surface area contributed by atoms with E-state index in [2.05, 4.69) is 30.9 Å². The molecule has 0 radical (unpaired) electrons. The van der Waals surface area contributed by atoms with Gasteiger partial charge in [-0.2, -0.15) is 0 Å². The Bertz CT molecular complexity index is 1610. The number of fused-ring (bicyclic) bond motifs is 4. The van der Waals surface area contributed by atoms with Crippen LogP contribution in [0.4, 0.5) is 22.1 Å². The summed E-state index contributed by atoms with van der Waals surface area (Å²) in [4.78, 5) is 28.3. The van der Waals surface area contributed by atoms with Crippen LogP contribution in [0.25, 0.3) is 16.8 Å². The lowest BCUT2D eigenvalue weighted by atomic mass is 9.91. The Morgan fingerprint density at radius 3 is 2.77 bits per heavy atom. The van der Waals surface area contributed by atoms with E-state index in [-0.39, 0.29) is 12.1 Å². The summed E-state index contributed by atoms with van der Waals surface area (Å²) in [5.74, 6) is 1.56. The van der Waals surface area contributed by atoms with E-state index >= 15 is 0 Å². The average molecular weight is 526 g/mol. The zero-order chi connectivity index (χ0) is 26.7. The van der Waals surface area contributed by atoms with E-state index in [0.29, 0.717) is 36.4 Å². The van der Waals surface area contributed by atoms with Crippen molar-refractivity contribution in [1.29, 1.82) is 0 Å². The second-order valence-corrected chi connectivity index (χ2v) is 10.4. The number of amides is 2. The fourth-order valence-corrected chi connectivity index (χ4v) is 4.90. The Hall–Kier alpha value is -4.74. The molecule has 2 aliphatic heterocycles. The second kappa shape index (κ2) is 8.65. The highest BCUT2D eigenvalue weighted by molar-refractivity contribution is 5.94. The Kier molecular flexibility index (Phi) is 5.19. The number of nitrogens with one attached hydrogen (secondary N) is 2. The van der Waals surface area contributed by atoms with Gasteiger partial charge in [-0.1, -0.05) is 5.21 Å². The quantitative estimate of drug-likeness (QED) is 0.407. The molecular formula is C27H27N9O3. The Balaban J connectivity index is 1.19. The van der Waals surface area contributed by atoms with Crippen LogP contribution in [-0.2, 0) is 5.60 Å². The molecule has 5 heterocycles. The van der Waals surface area contributed by atoms with E-state index in [4.69, 9.17) is 14.5 Å². The van der Waals surface area contributed by atoms with E-state index in [1.807, 2.05) is 45.0 Å². The van der Waals surface area contributed by atoms with E-state index in [0.717, 1.165) is 46.8 Å². The minimum Gasteiger partial charge on any atom is -0.481 e. The first-order chi connectivity index (χ1) is 18.9. The second-order valence-electron chi connectivity index (χ2n) is 10.4. The van der Waals surface area contributed by atoms with Crippen molar-refractivity contribution in [1.82, 2.24) is 35.3 Å². The van der Waals surface area contributed by atoms with Crippen LogP contribution in [0.3, 0.4) is 0 Å². The molecule has 12 nitrogen and oxygen atoms in total. The smallest absolute Gasteiger partial charge is 0.322 e. The van der Waals surface area contributed by atoms with Crippen LogP contribution in [0, 0.1) is 6.92 Å². The first-order valence-electron chi connectivity index (χ1n) is 12.9. The molecule has 3 aliphatic rings. The van der Waals surface area contributed by atoms with Gasteiger partial charge in [-0.15, -0.1) is 5.10 Å². The van der Waals surface area contributed by atoms with Crippen LogP contribution in [-0.4, -0.2) is 55.2 Å². The number of anilines is 3. The van der Waals surface area contributed by atoms with Crippen molar-refractivity contribution in [3.05, 3.63) is 54.2 Å². The number of urea groups is 1. The molecule has 198 valence electrons. The highest BCUT2D eigenvalue weighted by Crippen LogP contribution is 2.45. The number of aryl methyl sites for hydroxylation is 1. The predicted molar refractivity (Wildman–Crippen MR) is 143 cm³/mol. The van der Waals surface area contributed by atoms with Gasteiger partial charge in [-0.25, -0.2) is 24.4 Å². The van der Waals surface area contributed by atoms with Crippen LogP contribution in [0.1, 0.15) is 38.1 Å². The highest BCUT2D eigenvalue weighted by atomic mass is 16.5. The molecule has 0 unspecified atom stereocenters. The van der Waals surface area contributed by atoms with Crippen LogP contribution >= 0.6 is 0 Å². The fourth-order valence-electron chi connectivity index (χ4n) is 4.90. The van der Waals surface area contributed by atoms with E-state index in [1.165, 1.54) is 0 Å². The summed E-state index contributed by atoms with van der Waals surface area (Å²) in [6, 6.07) is 7.89. The molecule has 0 atom stereocenters. The topological polar surface area (TPSA) is 132 Å². The Labute approximate surface area is 224 Å². The maximum Gasteiger partial charge on any atom is 0.322 e. The normalized spacial score (nSPS) is 16.7. The summed E-state index contributed by atoms with van der Waals surface area (Å²) in [7, 11) is 0. The number of carbonyl (C=O) groups is 1. The minimum absolute atomic E-state index is 0.134. The predicted octanol–water partition coefficient (Wildman–Crippen LogP) is 3.87. The molecule has 2 amide bonds. The molecule has 1 aromatic carbocycles. The summed E-state index contributed by atoms with van der Waals surface area (Å²) in [5, 5.41) is 14.4. The summed E-state index contributed by atoms with van der Waals surface area (Å²) < 4.78 is 13.9. The Morgan fingerprint density at radius 2 is 1.97 bits per heavy atom. The largest absolute Gasteiger partial charge is 0.481 e. The van der Waals surface area contributed by atoms with Gasteiger partial charge in [-0.05, 0) is 51.8 Å². The summed E-state index contributed by atoms with van der Waals surface area (Å²) in [6.45, 7) is 6.76. The van der Waals surface area contributed by atoms with Crippen molar-refractivity contribution in [2.24, 2.45) is 0 Å². The van der Waals surface area contributed by atoms with Crippen LogP contribution in [0.2, 0.25) is 0 Å². The third-order valence-electron chi connectivity index (χ3n) is 7.03. The number of benzene rings is 1. The third-order valence-corrected chi connectivity index (χ3v) is 7.03. The molecule has 0 saturated heterocycles. The standard InChI is InChI=1S/C27H27N9O3/c1-15-12-30-34-36(15)18-6-7-19-20-14-29-25(33-23(20)27(2,3)39-22(19)11-18)31-17-10-21-24(28-13-17)38-9-8-35(21)26(37)32-16-4-5-16/h6-7,10-14,16H,4-5,8-9H2,1-3H3,(H,32,37)(H,29,31,33). The van der Waals surface area contributed by atoms with Crippen molar-refractivity contribution in [2.45, 2.75) is 45.3 Å². The van der Waals surface area contributed by atoms with Gasteiger partial charge >= 0.3 is 6.03 Å². The molecule has 1 aliphatic carbocycles. The molecule has 1 fully saturated rings. The highest BCUT2D eigenvalue weighted by Gasteiger charge is 2.35. The number of hydrogen-bond acceptors (Lipinski definition) is 9. The monoisotopic (exact) mass is 525 g/mol. The van der Waals surface area contributed by atoms with E-state index in [9.17, 15) is 4.79 Å². The van der Waals surface area contributed by atoms with Gasteiger partial charge in [0.15, 0.2) is 0 Å². The van der Waals surface area contributed by atoms with Gasteiger partial charge in [0.1, 0.15) is 23.6 Å². The van der Waals surface area contributed by atoms with Gasteiger partial charge < -0.3 is 20.1 Å². The van der Waals surface area contributed by atoms with Crippen molar-refractivity contribution >= 4 is 23.4 Å². The molecule has 39 heavy (non-hydrogen) atoms. The zero-order valence-corrected chi connectivity index (χ0v) is 21.8.